The number of nitrogens with one attached hydrogen (secondary N) is 1. The van der Waals surface area contributed by atoms with E-state index >= 15 is 0 Å². The van der Waals surface area contributed by atoms with E-state index in [1.807, 2.05) is 25.1 Å². The highest BCUT2D eigenvalue weighted by Crippen LogP contribution is 2.64. The van der Waals surface area contributed by atoms with Crippen LogP contribution in [0.3, 0.4) is 0 Å². The van der Waals surface area contributed by atoms with Crippen molar-refractivity contribution < 1.29 is 28.1 Å². The molecule has 218 valence electrons. The molecule has 1 unspecified atom stereocenters. The van der Waals surface area contributed by atoms with Crippen molar-refractivity contribution in [2.24, 2.45) is 5.41 Å². The zero-order valence-electron chi connectivity index (χ0n) is 23.6. The number of benzene rings is 1. The second-order valence-corrected chi connectivity index (χ2v) is 13.0. The van der Waals surface area contributed by atoms with E-state index in [9.17, 15) is 14.4 Å². The number of fused-ring (bicyclic) bond motifs is 1. The van der Waals surface area contributed by atoms with Crippen molar-refractivity contribution in [3.63, 3.8) is 0 Å². The summed E-state index contributed by atoms with van der Waals surface area (Å²) in [6.07, 6.45) is 1.16. The molecular formula is C28H38N3O8P. The third-order valence-electron chi connectivity index (χ3n) is 7.77. The summed E-state index contributed by atoms with van der Waals surface area (Å²) < 4.78 is 34.9. The highest BCUT2D eigenvalue weighted by Gasteiger charge is 2.57. The van der Waals surface area contributed by atoms with Gasteiger partial charge in [0.05, 0.1) is 17.6 Å². The minimum Gasteiger partial charge on any atom is -0.438 e. The molecular weight excluding hydrogens is 537 g/mol. The number of hydrogen-bond acceptors (Lipinski definition) is 9. The van der Waals surface area contributed by atoms with Crippen LogP contribution in [-0.4, -0.2) is 57.9 Å². The maximum Gasteiger partial charge on any atom is 0.330 e. The van der Waals surface area contributed by atoms with Crippen LogP contribution in [0.15, 0.2) is 52.2 Å². The summed E-state index contributed by atoms with van der Waals surface area (Å²) in [4.78, 5) is 39.2. The molecule has 1 aromatic carbocycles. The maximum absolute atomic E-state index is 12.7. The quantitative estimate of drug-likeness (QED) is 0.285. The number of nitrogens with zero attached hydrogens (tertiary/aromatic N) is 2. The Morgan fingerprint density at radius 1 is 1.18 bits per heavy atom. The van der Waals surface area contributed by atoms with Crippen LogP contribution in [0.5, 0.6) is 0 Å². The fraction of sp³-hybridized carbons (Fsp3) is 0.607. The normalized spacial score (nSPS) is 32.3. The summed E-state index contributed by atoms with van der Waals surface area (Å²) in [5.41, 5.74) is -1.31. The molecule has 2 aromatic rings. The van der Waals surface area contributed by atoms with Crippen molar-refractivity contribution in [2.45, 2.75) is 90.1 Å². The van der Waals surface area contributed by atoms with Gasteiger partial charge in [-0.05, 0) is 52.5 Å². The van der Waals surface area contributed by atoms with Gasteiger partial charge in [0.2, 0.25) is 0 Å². The van der Waals surface area contributed by atoms with Crippen LogP contribution >= 0.6 is 8.53 Å². The number of carbonyl (C=O) groups excluding carboxylic acids is 1. The topological polar surface area (TPSA) is 121 Å². The second-order valence-electron chi connectivity index (χ2n) is 11.6. The second kappa shape index (κ2) is 11.5. The molecule has 11 nitrogen and oxygen atoms in total. The summed E-state index contributed by atoms with van der Waals surface area (Å²) in [6, 6.07) is 11.6. The highest BCUT2D eigenvalue weighted by atomic mass is 31.2. The van der Waals surface area contributed by atoms with E-state index in [1.54, 1.807) is 20.8 Å². The van der Waals surface area contributed by atoms with Gasteiger partial charge < -0.3 is 23.3 Å². The van der Waals surface area contributed by atoms with E-state index in [0.29, 0.717) is 6.42 Å². The van der Waals surface area contributed by atoms with Gasteiger partial charge in [0.25, 0.3) is 14.1 Å². The number of hydrogen-bond donors (Lipinski definition) is 1. The molecule has 1 aromatic heterocycles. The first-order valence-electron chi connectivity index (χ1n) is 13.8. The predicted molar refractivity (Wildman–Crippen MR) is 147 cm³/mol. The van der Waals surface area contributed by atoms with E-state index in [4.69, 9.17) is 23.3 Å². The maximum atomic E-state index is 12.7. The number of esters is 1. The lowest BCUT2D eigenvalue weighted by molar-refractivity contribution is -0.178. The van der Waals surface area contributed by atoms with Crippen LogP contribution in [0.4, 0.5) is 0 Å². The van der Waals surface area contributed by atoms with Gasteiger partial charge in [-0.3, -0.25) is 19.1 Å². The molecule has 0 radical (unpaired) electrons. The molecule has 5 rings (SSSR count). The van der Waals surface area contributed by atoms with Crippen molar-refractivity contribution >= 4 is 14.5 Å². The summed E-state index contributed by atoms with van der Waals surface area (Å²) in [5.74, 6) is -0.421. The lowest BCUT2D eigenvalue weighted by atomic mass is 9.87. The molecule has 0 aliphatic carbocycles. The van der Waals surface area contributed by atoms with Crippen molar-refractivity contribution in [3.05, 3.63) is 69.0 Å². The van der Waals surface area contributed by atoms with Gasteiger partial charge in [0.15, 0.2) is 13.0 Å². The Labute approximate surface area is 234 Å². The fourth-order valence-corrected chi connectivity index (χ4v) is 7.71. The first kappa shape index (κ1) is 29.1. The molecule has 1 N–H and O–H groups in total. The van der Waals surface area contributed by atoms with E-state index in [1.165, 1.54) is 16.8 Å². The average Bonchev–Trinajstić information content (AvgIpc) is 3.60. The van der Waals surface area contributed by atoms with Crippen molar-refractivity contribution in [3.8, 4) is 0 Å². The molecule has 3 saturated heterocycles. The summed E-state index contributed by atoms with van der Waals surface area (Å²) in [7, 11) is -1.49. The van der Waals surface area contributed by atoms with Crippen molar-refractivity contribution in [1.29, 1.82) is 0 Å². The smallest absolute Gasteiger partial charge is 0.330 e. The van der Waals surface area contributed by atoms with Gasteiger partial charge in [-0.2, -0.15) is 0 Å². The molecule has 40 heavy (non-hydrogen) atoms. The van der Waals surface area contributed by atoms with Gasteiger partial charge in [-0.15, -0.1) is 0 Å². The van der Waals surface area contributed by atoms with Gasteiger partial charge in [-0.1, -0.05) is 37.3 Å². The molecule has 3 fully saturated rings. The Morgan fingerprint density at radius 2 is 1.93 bits per heavy atom. The average molecular weight is 576 g/mol. The van der Waals surface area contributed by atoms with E-state index in [2.05, 4.69) is 28.7 Å². The van der Waals surface area contributed by atoms with Crippen LogP contribution in [0.25, 0.3) is 0 Å². The zero-order chi connectivity index (χ0) is 28.7. The van der Waals surface area contributed by atoms with Crippen molar-refractivity contribution in [2.75, 3.05) is 13.3 Å². The number of ether oxygens (including phenoxy) is 3. The lowest BCUT2D eigenvalue weighted by Crippen LogP contribution is -2.40. The van der Waals surface area contributed by atoms with E-state index in [-0.39, 0.29) is 12.8 Å². The molecule has 3 aliphatic heterocycles. The fourth-order valence-electron chi connectivity index (χ4n) is 5.56. The molecule has 12 heteroatoms. The lowest BCUT2D eigenvalue weighted by Gasteiger charge is -2.29. The molecule has 0 spiro atoms. The van der Waals surface area contributed by atoms with Crippen LogP contribution in [0.2, 0.25) is 0 Å². The van der Waals surface area contributed by atoms with Gasteiger partial charge in [0.1, 0.15) is 17.8 Å². The Kier molecular flexibility index (Phi) is 8.34. The first-order chi connectivity index (χ1) is 19.0. The molecule has 0 saturated carbocycles. The minimum absolute atomic E-state index is 0.160. The first-order valence-corrected chi connectivity index (χ1v) is 14.9. The van der Waals surface area contributed by atoms with Crippen LogP contribution in [0, 0.1) is 5.41 Å². The summed E-state index contributed by atoms with van der Waals surface area (Å²) >= 11 is 0. The van der Waals surface area contributed by atoms with Crippen molar-refractivity contribution in [1.82, 2.24) is 14.2 Å². The summed E-state index contributed by atoms with van der Waals surface area (Å²) in [5, 5.41) is 0. The largest absolute Gasteiger partial charge is 0.438 e. The summed E-state index contributed by atoms with van der Waals surface area (Å²) in [6.45, 7) is 9.85. The molecule has 3 aliphatic rings. The van der Waals surface area contributed by atoms with Crippen LogP contribution in [0.1, 0.15) is 65.7 Å². The SMILES string of the molecule is CC[C@H]1O[C@@H](n2ccc(=O)[nH]c2=O)C(OCOC(=O)C(C)(C)C)[C@H]1O[P@@]1O[C@](C)(c2ccccc2)[C@@H]2CCCN21. The van der Waals surface area contributed by atoms with Crippen LogP contribution in [-0.2, 0) is 33.7 Å². The number of rotatable bonds is 8. The Balaban J connectivity index is 1.43. The Hall–Kier alpha value is -2.40. The minimum atomic E-state index is -1.49. The Bertz CT molecular complexity index is 1310. The van der Waals surface area contributed by atoms with E-state index < -0.39 is 61.3 Å². The predicted octanol–water partition coefficient (Wildman–Crippen LogP) is 3.80. The Morgan fingerprint density at radius 3 is 2.60 bits per heavy atom. The third kappa shape index (κ3) is 5.55. The number of aromatic amines is 1. The standard InChI is InChI=1S/C28H38N3O8P/c1-6-19-22(38-40-31-15-10-13-20(31)28(5,39-40)18-11-8-7-9-12-18)23(35-17-36-25(33)27(2,3)4)24(37-19)30-16-14-21(32)29-26(30)34/h7-9,11-12,14,16,19-20,22-24H,6,10,13,15,17H2,1-5H3,(H,29,32,34)/t19-,20+,22+,23?,24-,28-,40+/m1/s1. The van der Waals surface area contributed by atoms with Gasteiger partial charge in [0, 0.05) is 18.8 Å². The van der Waals surface area contributed by atoms with Gasteiger partial charge in [-0.25, -0.2) is 9.46 Å². The zero-order valence-corrected chi connectivity index (χ0v) is 24.5. The third-order valence-corrected chi connectivity index (χ3v) is 9.63. The number of aromatic nitrogens is 2. The number of carbonyl (C=O) groups is 1. The molecule has 0 amide bonds. The van der Waals surface area contributed by atoms with E-state index in [0.717, 1.165) is 24.9 Å². The monoisotopic (exact) mass is 575 g/mol. The molecule has 4 heterocycles. The highest BCUT2D eigenvalue weighted by molar-refractivity contribution is 7.45. The molecule has 7 atom stereocenters. The number of H-pyrrole nitrogens is 1. The van der Waals surface area contributed by atoms with Gasteiger partial charge >= 0.3 is 11.7 Å². The molecule has 0 bridgehead atoms. The van der Waals surface area contributed by atoms with Crippen LogP contribution < -0.4 is 11.2 Å².